The van der Waals surface area contributed by atoms with Crippen molar-refractivity contribution in [2.75, 3.05) is 0 Å². The topological polar surface area (TPSA) is 92.6 Å². The quantitative estimate of drug-likeness (QED) is 0.573. The molecule has 1 heterocycles. The summed E-state index contributed by atoms with van der Waals surface area (Å²) in [5.41, 5.74) is 6.67. The van der Waals surface area contributed by atoms with Crippen LogP contribution in [0, 0.1) is 6.92 Å². The number of hydrazine groups is 1. The Balaban J connectivity index is 1.42. The van der Waals surface area contributed by atoms with Crippen molar-refractivity contribution in [3.8, 4) is 5.75 Å². The van der Waals surface area contributed by atoms with Crippen molar-refractivity contribution >= 4 is 11.9 Å². The number of hydrogen-bond donors (Lipinski definition) is 3. The van der Waals surface area contributed by atoms with Crippen molar-refractivity contribution in [1.82, 2.24) is 16.2 Å². The van der Waals surface area contributed by atoms with Gasteiger partial charge in [-0.05, 0) is 42.3 Å². The van der Waals surface area contributed by atoms with Gasteiger partial charge in [-0.2, -0.15) is 0 Å². The molecule has 2 aromatic carbocycles. The Morgan fingerprint density at radius 1 is 0.929 bits per heavy atom. The van der Waals surface area contributed by atoms with Gasteiger partial charge in [0.05, 0.1) is 0 Å². The van der Waals surface area contributed by atoms with Crippen LogP contribution in [0.1, 0.15) is 27.4 Å². The van der Waals surface area contributed by atoms with E-state index < -0.39 is 11.9 Å². The van der Waals surface area contributed by atoms with Crippen LogP contribution in [-0.2, 0) is 13.2 Å². The third-order valence-corrected chi connectivity index (χ3v) is 4.00. The van der Waals surface area contributed by atoms with Crippen molar-refractivity contribution in [2.45, 2.75) is 20.1 Å². The van der Waals surface area contributed by atoms with Gasteiger partial charge in [0.25, 0.3) is 0 Å². The fourth-order valence-corrected chi connectivity index (χ4v) is 2.45. The van der Waals surface area contributed by atoms with Crippen molar-refractivity contribution < 1.29 is 18.7 Å². The van der Waals surface area contributed by atoms with Crippen LogP contribution in [0.2, 0.25) is 0 Å². The van der Waals surface area contributed by atoms with Gasteiger partial charge in [0, 0.05) is 6.54 Å². The maximum Gasteiger partial charge on any atom is 0.333 e. The second-order valence-electron chi connectivity index (χ2n) is 6.06. The summed E-state index contributed by atoms with van der Waals surface area (Å²) in [6, 6.07) is 19.7. The lowest BCUT2D eigenvalue weighted by Gasteiger charge is -2.09. The molecule has 0 radical (unpaired) electrons. The zero-order chi connectivity index (χ0) is 19.8. The van der Waals surface area contributed by atoms with Gasteiger partial charge in [-0.15, -0.1) is 0 Å². The molecule has 0 aliphatic carbocycles. The first-order chi connectivity index (χ1) is 13.6. The van der Waals surface area contributed by atoms with Crippen LogP contribution in [0.3, 0.4) is 0 Å². The molecule has 0 spiro atoms. The van der Waals surface area contributed by atoms with Crippen LogP contribution in [0.4, 0.5) is 4.79 Å². The minimum atomic E-state index is -0.558. The molecule has 3 amide bonds. The number of nitrogens with one attached hydrogen (secondary N) is 3. The highest BCUT2D eigenvalue weighted by atomic mass is 16.5. The number of benzene rings is 2. The van der Waals surface area contributed by atoms with Crippen LogP contribution in [-0.4, -0.2) is 11.9 Å². The molecule has 0 bridgehead atoms. The van der Waals surface area contributed by atoms with Gasteiger partial charge in [-0.1, -0.05) is 42.5 Å². The lowest BCUT2D eigenvalue weighted by atomic mass is 10.1. The van der Waals surface area contributed by atoms with Crippen molar-refractivity contribution in [2.24, 2.45) is 0 Å². The molecule has 0 fully saturated rings. The summed E-state index contributed by atoms with van der Waals surface area (Å²) in [7, 11) is 0. The zero-order valence-electron chi connectivity index (χ0n) is 15.4. The predicted molar refractivity (Wildman–Crippen MR) is 103 cm³/mol. The maximum absolute atomic E-state index is 12.1. The normalized spacial score (nSPS) is 10.2. The van der Waals surface area contributed by atoms with E-state index in [1.54, 1.807) is 6.07 Å². The molecule has 0 aliphatic rings. The number of urea groups is 1. The van der Waals surface area contributed by atoms with Gasteiger partial charge >= 0.3 is 11.9 Å². The van der Waals surface area contributed by atoms with E-state index in [2.05, 4.69) is 16.2 Å². The molecule has 28 heavy (non-hydrogen) atoms. The number of carbonyl (C=O) groups excluding carboxylic acids is 2. The maximum atomic E-state index is 12.1. The molecule has 7 heteroatoms. The van der Waals surface area contributed by atoms with E-state index in [0.717, 1.165) is 11.1 Å². The lowest BCUT2D eigenvalue weighted by Crippen LogP contribution is -2.46. The molecule has 1 aromatic heterocycles. The molecule has 0 saturated heterocycles. The van der Waals surface area contributed by atoms with Crippen LogP contribution in [0.25, 0.3) is 0 Å². The summed E-state index contributed by atoms with van der Waals surface area (Å²) in [6.45, 7) is 2.52. The fourth-order valence-electron chi connectivity index (χ4n) is 2.45. The van der Waals surface area contributed by atoms with Crippen LogP contribution >= 0.6 is 0 Å². The minimum Gasteiger partial charge on any atom is -0.486 e. The SMILES string of the molecule is Cc1ccccc1CNC(=O)NNC(=O)c1ccc(COc2ccccc2)o1. The predicted octanol–water partition coefficient (Wildman–Crippen LogP) is 3.31. The zero-order valence-corrected chi connectivity index (χ0v) is 15.4. The molecule has 0 unspecified atom stereocenters. The van der Waals surface area contributed by atoms with Crippen molar-refractivity contribution in [1.29, 1.82) is 0 Å². The number of carbonyl (C=O) groups is 2. The summed E-state index contributed by atoms with van der Waals surface area (Å²) < 4.78 is 11.0. The number of para-hydroxylation sites is 1. The largest absolute Gasteiger partial charge is 0.486 e. The fraction of sp³-hybridized carbons (Fsp3) is 0.143. The standard InChI is InChI=1S/C21H21N3O4/c1-15-7-5-6-8-16(15)13-22-21(26)24-23-20(25)19-12-11-18(28-19)14-27-17-9-3-2-4-10-17/h2-12H,13-14H2,1H3,(H,23,25)(H2,22,24,26). The molecular formula is C21H21N3O4. The average Bonchev–Trinajstić information content (AvgIpc) is 3.20. The van der Waals surface area contributed by atoms with Crippen molar-refractivity contribution in [3.05, 3.63) is 89.4 Å². The summed E-state index contributed by atoms with van der Waals surface area (Å²) >= 11 is 0. The van der Waals surface area contributed by atoms with Crippen LogP contribution in [0.5, 0.6) is 5.75 Å². The van der Waals surface area contributed by atoms with Crippen molar-refractivity contribution in [3.63, 3.8) is 0 Å². The molecule has 3 rings (SSSR count). The molecule has 3 aromatic rings. The van der Waals surface area contributed by atoms with Gasteiger partial charge in [0.15, 0.2) is 5.76 Å². The van der Waals surface area contributed by atoms with E-state index in [-0.39, 0.29) is 12.4 Å². The van der Waals surface area contributed by atoms with E-state index in [1.807, 2.05) is 61.5 Å². The molecule has 0 atom stereocenters. The summed E-state index contributed by atoms with van der Waals surface area (Å²) in [5, 5.41) is 2.67. The third kappa shape index (κ3) is 5.38. The Kier molecular flexibility index (Phi) is 6.30. The Hall–Kier alpha value is -3.74. The van der Waals surface area contributed by atoms with Gasteiger partial charge < -0.3 is 14.5 Å². The van der Waals surface area contributed by atoms with E-state index in [4.69, 9.17) is 9.15 Å². The number of furan rings is 1. The molecule has 0 saturated carbocycles. The first-order valence-corrected chi connectivity index (χ1v) is 8.77. The van der Waals surface area contributed by atoms with Crippen LogP contribution in [0.15, 0.2) is 71.1 Å². The molecule has 3 N–H and O–H groups in total. The van der Waals surface area contributed by atoms with E-state index in [9.17, 15) is 9.59 Å². The highest BCUT2D eigenvalue weighted by molar-refractivity contribution is 5.92. The summed E-state index contributed by atoms with van der Waals surface area (Å²) in [4.78, 5) is 23.9. The molecule has 7 nitrogen and oxygen atoms in total. The number of hydrogen-bond acceptors (Lipinski definition) is 4. The molecule has 144 valence electrons. The number of ether oxygens (including phenoxy) is 1. The number of amides is 3. The smallest absolute Gasteiger partial charge is 0.333 e. The first kappa shape index (κ1) is 19.0. The second kappa shape index (κ2) is 9.27. The highest BCUT2D eigenvalue weighted by Gasteiger charge is 2.12. The van der Waals surface area contributed by atoms with E-state index in [0.29, 0.717) is 18.1 Å². The molecule has 0 aliphatic heterocycles. The van der Waals surface area contributed by atoms with Gasteiger partial charge in [-0.25, -0.2) is 10.2 Å². The number of aryl methyl sites for hydroxylation is 1. The minimum absolute atomic E-state index is 0.0749. The van der Waals surface area contributed by atoms with Gasteiger partial charge in [0.1, 0.15) is 18.1 Å². The van der Waals surface area contributed by atoms with Gasteiger partial charge in [0.2, 0.25) is 0 Å². The first-order valence-electron chi connectivity index (χ1n) is 8.77. The lowest BCUT2D eigenvalue weighted by molar-refractivity contribution is 0.0904. The Labute approximate surface area is 162 Å². The highest BCUT2D eigenvalue weighted by Crippen LogP contribution is 2.13. The Bertz CT molecular complexity index is 938. The molecular weight excluding hydrogens is 358 g/mol. The Morgan fingerprint density at radius 3 is 2.46 bits per heavy atom. The average molecular weight is 379 g/mol. The van der Waals surface area contributed by atoms with Gasteiger partial charge in [-0.3, -0.25) is 10.2 Å². The Morgan fingerprint density at radius 2 is 1.68 bits per heavy atom. The van der Waals surface area contributed by atoms with Crippen LogP contribution < -0.4 is 20.9 Å². The second-order valence-corrected chi connectivity index (χ2v) is 6.06. The monoisotopic (exact) mass is 379 g/mol. The summed E-state index contributed by atoms with van der Waals surface area (Å²) in [5.74, 6) is 0.720. The van der Waals surface area contributed by atoms with E-state index >= 15 is 0 Å². The summed E-state index contributed by atoms with van der Waals surface area (Å²) in [6.07, 6.45) is 0. The number of rotatable bonds is 6. The van der Waals surface area contributed by atoms with E-state index in [1.165, 1.54) is 6.07 Å². The third-order valence-electron chi connectivity index (χ3n) is 4.00.